The molecule has 0 spiro atoms. The number of phenols is 1. The highest BCUT2D eigenvalue weighted by Crippen LogP contribution is 2.28. The topological polar surface area (TPSA) is 37.3 Å². The van der Waals surface area contributed by atoms with E-state index in [9.17, 15) is 27.5 Å². The quantitative estimate of drug-likeness (QED) is 0.494. The molecule has 0 aliphatic rings. The van der Waals surface area contributed by atoms with Crippen molar-refractivity contribution in [2.45, 2.75) is 13.3 Å². The molecule has 2 nitrogen and oxygen atoms in total. The molecule has 27 heavy (non-hydrogen) atoms. The average molecular weight is 374 g/mol. The number of rotatable bonds is 4. The Kier molecular flexibility index (Phi) is 4.99. The lowest BCUT2D eigenvalue weighted by Gasteiger charge is -2.11. The van der Waals surface area contributed by atoms with E-state index in [4.69, 9.17) is 0 Å². The van der Waals surface area contributed by atoms with Gasteiger partial charge in [-0.1, -0.05) is 12.1 Å². The maximum Gasteiger partial charge on any atom is 0.171 e. The van der Waals surface area contributed by atoms with Crippen molar-refractivity contribution in [2.75, 3.05) is 0 Å². The van der Waals surface area contributed by atoms with Crippen LogP contribution in [-0.2, 0) is 6.42 Å². The summed E-state index contributed by atoms with van der Waals surface area (Å²) >= 11 is 0. The van der Waals surface area contributed by atoms with Crippen molar-refractivity contribution in [3.8, 4) is 16.9 Å². The van der Waals surface area contributed by atoms with Crippen LogP contribution in [0.4, 0.5) is 17.6 Å². The van der Waals surface area contributed by atoms with Gasteiger partial charge in [-0.3, -0.25) is 4.79 Å². The van der Waals surface area contributed by atoms with Crippen LogP contribution >= 0.6 is 0 Å². The Morgan fingerprint density at radius 2 is 1.67 bits per heavy atom. The van der Waals surface area contributed by atoms with Gasteiger partial charge in [0, 0.05) is 17.5 Å². The average Bonchev–Trinajstić information content (AvgIpc) is 2.64. The zero-order chi connectivity index (χ0) is 19.7. The molecule has 0 atom stereocenters. The summed E-state index contributed by atoms with van der Waals surface area (Å²) < 4.78 is 55.6. The van der Waals surface area contributed by atoms with Crippen molar-refractivity contribution < 1.29 is 27.5 Å². The third-order valence-electron chi connectivity index (χ3n) is 4.31. The number of ketones is 1. The Hall–Kier alpha value is -3.15. The Morgan fingerprint density at radius 3 is 2.37 bits per heavy atom. The van der Waals surface area contributed by atoms with E-state index < -0.39 is 46.8 Å². The summed E-state index contributed by atoms with van der Waals surface area (Å²) in [5.74, 6) is -4.95. The van der Waals surface area contributed by atoms with Gasteiger partial charge in [0.2, 0.25) is 0 Å². The molecule has 0 amide bonds. The predicted molar refractivity (Wildman–Crippen MR) is 92.6 cm³/mol. The van der Waals surface area contributed by atoms with Crippen LogP contribution < -0.4 is 0 Å². The van der Waals surface area contributed by atoms with E-state index in [0.29, 0.717) is 5.56 Å². The first-order valence-electron chi connectivity index (χ1n) is 8.03. The van der Waals surface area contributed by atoms with E-state index in [0.717, 1.165) is 18.2 Å². The Morgan fingerprint density at radius 1 is 0.926 bits per heavy atom. The van der Waals surface area contributed by atoms with Gasteiger partial charge in [0.1, 0.15) is 17.5 Å². The van der Waals surface area contributed by atoms with Gasteiger partial charge in [-0.05, 0) is 60.0 Å². The van der Waals surface area contributed by atoms with Crippen LogP contribution in [0.5, 0.6) is 5.75 Å². The number of phenolic OH excluding ortho intramolecular Hbond substituents is 1. The van der Waals surface area contributed by atoms with Crippen molar-refractivity contribution in [1.29, 1.82) is 0 Å². The molecule has 0 saturated carbocycles. The second-order valence-corrected chi connectivity index (χ2v) is 6.10. The Labute approximate surface area is 152 Å². The number of hydrogen-bond acceptors (Lipinski definition) is 2. The third kappa shape index (κ3) is 3.69. The van der Waals surface area contributed by atoms with Gasteiger partial charge in [-0.2, -0.15) is 0 Å². The fourth-order valence-corrected chi connectivity index (χ4v) is 2.81. The third-order valence-corrected chi connectivity index (χ3v) is 4.31. The van der Waals surface area contributed by atoms with Crippen LogP contribution in [0, 0.1) is 30.2 Å². The lowest BCUT2D eigenvalue weighted by atomic mass is 9.94. The van der Waals surface area contributed by atoms with E-state index in [2.05, 4.69) is 0 Å². The predicted octanol–water partition coefficient (Wildman–Crippen LogP) is 5.35. The molecule has 0 aliphatic carbocycles. The summed E-state index contributed by atoms with van der Waals surface area (Å²) in [7, 11) is 0. The zero-order valence-electron chi connectivity index (χ0n) is 14.2. The highest BCUT2D eigenvalue weighted by molar-refractivity contribution is 6.00. The van der Waals surface area contributed by atoms with Crippen LogP contribution in [-0.4, -0.2) is 10.9 Å². The number of carbonyl (C=O) groups excluding carboxylic acids is 1. The van der Waals surface area contributed by atoms with E-state index >= 15 is 0 Å². The van der Waals surface area contributed by atoms with Gasteiger partial charge in [0.15, 0.2) is 17.3 Å². The van der Waals surface area contributed by atoms with E-state index in [1.807, 2.05) is 0 Å². The molecule has 1 N–H and O–H groups in total. The summed E-state index contributed by atoms with van der Waals surface area (Å²) in [5, 5.41) is 9.38. The molecule has 0 saturated heterocycles. The van der Waals surface area contributed by atoms with Crippen molar-refractivity contribution in [3.05, 3.63) is 88.5 Å². The summed E-state index contributed by atoms with van der Waals surface area (Å²) in [6.07, 6.45) is -0.695. The van der Waals surface area contributed by atoms with Crippen molar-refractivity contribution >= 4 is 5.78 Å². The number of Topliss-reactive ketones (excluding diaryl/α,β-unsaturated/α-hetero) is 1. The van der Waals surface area contributed by atoms with Crippen LogP contribution in [0.2, 0.25) is 0 Å². The molecule has 0 bridgehead atoms. The number of hydrogen-bond donors (Lipinski definition) is 1. The van der Waals surface area contributed by atoms with Crippen molar-refractivity contribution in [1.82, 2.24) is 0 Å². The molecule has 138 valence electrons. The minimum atomic E-state index is -1.23. The first-order chi connectivity index (χ1) is 12.8. The second-order valence-electron chi connectivity index (χ2n) is 6.10. The van der Waals surface area contributed by atoms with Gasteiger partial charge in [-0.25, -0.2) is 17.6 Å². The molecule has 0 unspecified atom stereocenters. The van der Waals surface area contributed by atoms with Gasteiger partial charge in [0.25, 0.3) is 0 Å². The van der Waals surface area contributed by atoms with Crippen molar-refractivity contribution in [3.63, 3.8) is 0 Å². The lowest BCUT2D eigenvalue weighted by molar-refractivity contribution is 0.0989. The van der Waals surface area contributed by atoms with Crippen LogP contribution in [0.1, 0.15) is 21.5 Å². The Balaban J connectivity index is 2.04. The molecule has 3 aromatic rings. The largest absolute Gasteiger partial charge is 0.505 e. The standard InChI is InChI=1S/C21H14F4O2/c1-11-15(20(27)10-16-17(23)5-6-19(26)21(16)25)8-13(9-18(11)24)12-3-2-4-14(22)7-12/h2-9,26H,10H2,1H3. The van der Waals surface area contributed by atoms with Crippen LogP contribution in [0.15, 0.2) is 48.5 Å². The summed E-state index contributed by atoms with van der Waals surface area (Å²) in [6.45, 7) is 1.37. The number of halogens is 4. The molecule has 3 aromatic carbocycles. The fourth-order valence-electron chi connectivity index (χ4n) is 2.81. The monoisotopic (exact) mass is 374 g/mol. The van der Waals surface area contributed by atoms with E-state index in [1.54, 1.807) is 6.07 Å². The SMILES string of the molecule is Cc1c(F)cc(-c2cccc(F)c2)cc1C(=O)Cc1c(F)ccc(O)c1F. The van der Waals surface area contributed by atoms with Crippen molar-refractivity contribution in [2.24, 2.45) is 0 Å². The van der Waals surface area contributed by atoms with Gasteiger partial charge in [0.05, 0.1) is 0 Å². The summed E-state index contributed by atoms with van der Waals surface area (Å²) in [4.78, 5) is 12.6. The molecule has 0 heterocycles. The molecular formula is C21H14F4O2. The lowest BCUT2D eigenvalue weighted by Crippen LogP contribution is -2.10. The highest BCUT2D eigenvalue weighted by atomic mass is 19.1. The summed E-state index contributed by atoms with van der Waals surface area (Å²) in [6, 6.07) is 9.62. The first-order valence-corrected chi connectivity index (χ1v) is 8.03. The smallest absolute Gasteiger partial charge is 0.171 e. The zero-order valence-corrected chi connectivity index (χ0v) is 14.2. The Bertz CT molecular complexity index is 1040. The molecule has 0 aliphatic heterocycles. The van der Waals surface area contributed by atoms with Crippen LogP contribution in [0.3, 0.4) is 0 Å². The molecule has 3 rings (SSSR count). The fraction of sp³-hybridized carbons (Fsp3) is 0.0952. The highest BCUT2D eigenvalue weighted by Gasteiger charge is 2.20. The maximum atomic E-state index is 14.3. The first kappa shape index (κ1) is 18.6. The maximum absolute atomic E-state index is 14.3. The molecule has 6 heteroatoms. The normalized spacial score (nSPS) is 10.9. The van der Waals surface area contributed by atoms with Crippen LogP contribution in [0.25, 0.3) is 11.1 Å². The van der Waals surface area contributed by atoms with Gasteiger partial charge in [-0.15, -0.1) is 0 Å². The molecule has 0 fully saturated rings. The minimum Gasteiger partial charge on any atom is -0.505 e. The number of benzene rings is 3. The van der Waals surface area contributed by atoms with E-state index in [-0.39, 0.29) is 16.7 Å². The second kappa shape index (κ2) is 7.23. The summed E-state index contributed by atoms with van der Waals surface area (Å²) in [5.41, 5.74) is -0.0380. The minimum absolute atomic E-state index is 0.0149. The van der Waals surface area contributed by atoms with Gasteiger partial charge >= 0.3 is 0 Å². The van der Waals surface area contributed by atoms with Gasteiger partial charge < -0.3 is 5.11 Å². The molecular weight excluding hydrogens is 360 g/mol. The number of aromatic hydroxyl groups is 1. The van der Waals surface area contributed by atoms with E-state index in [1.165, 1.54) is 31.2 Å². The number of carbonyl (C=O) groups is 1. The molecule has 0 aromatic heterocycles. The molecule has 0 radical (unpaired) electrons.